The Hall–Kier alpha value is -4.23. The summed E-state index contributed by atoms with van der Waals surface area (Å²) in [4.78, 5) is 30.6. The second-order valence-electron chi connectivity index (χ2n) is 10.1. The number of rotatable bonds is 15. The van der Waals surface area contributed by atoms with Crippen molar-refractivity contribution in [3.8, 4) is 0 Å². The van der Waals surface area contributed by atoms with Crippen LogP contribution in [0.15, 0.2) is 103 Å². The summed E-state index contributed by atoms with van der Waals surface area (Å²) < 4.78 is 20.7. The van der Waals surface area contributed by atoms with Crippen LogP contribution in [0.5, 0.6) is 0 Å². The maximum absolute atomic E-state index is 13.9. The number of hydrogen-bond acceptors (Lipinski definition) is 3. The van der Waals surface area contributed by atoms with Gasteiger partial charge in [-0.3, -0.25) is 9.59 Å². The minimum atomic E-state index is -0.269. The molecule has 0 saturated carbocycles. The van der Waals surface area contributed by atoms with E-state index in [0.717, 1.165) is 22.4 Å². The van der Waals surface area contributed by atoms with Gasteiger partial charge in [-0.1, -0.05) is 72.8 Å². The van der Waals surface area contributed by atoms with Gasteiger partial charge < -0.3 is 19.1 Å². The Kier molecular flexibility index (Phi) is 11.3. The third-order valence-corrected chi connectivity index (χ3v) is 7.04. The van der Waals surface area contributed by atoms with E-state index in [1.807, 2.05) is 79.0 Å². The summed E-state index contributed by atoms with van der Waals surface area (Å²) in [6.45, 7) is 2.34. The molecule has 0 radical (unpaired) electrons. The summed E-state index contributed by atoms with van der Waals surface area (Å²) in [6, 6.07) is 30.2. The van der Waals surface area contributed by atoms with Crippen molar-refractivity contribution in [3.63, 3.8) is 0 Å². The molecule has 0 atom stereocenters. The number of benzene rings is 3. The van der Waals surface area contributed by atoms with Crippen LogP contribution in [-0.4, -0.2) is 53.0 Å². The Morgan fingerprint density at radius 3 is 2.12 bits per heavy atom. The molecule has 1 heterocycles. The fourth-order valence-corrected chi connectivity index (χ4v) is 4.77. The molecule has 0 aliphatic rings. The number of hydrogen-bond donors (Lipinski definition) is 0. The van der Waals surface area contributed by atoms with Gasteiger partial charge in [-0.05, 0) is 53.8 Å². The second-order valence-corrected chi connectivity index (χ2v) is 10.1. The Morgan fingerprint density at radius 1 is 0.756 bits per heavy atom. The quantitative estimate of drug-likeness (QED) is 0.177. The fraction of sp³-hybridized carbons (Fsp3) is 0.294. The van der Waals surface area contributed by atoms with Crippen LogP contribution in [0.25, 0.3) is 0 Å². The Labute approximate surface area is 242 Å². The van der Waals surface area contributed by atoms with Crippen LogP contribution in [0, 0.1) is 5.82 Å². The predicted molar refractivity (Wildman–Crippen MR) is 158 cm³/mol. The zero-order chi connectivity index (χ0) is 28.9. The number of aromatic nitrogens is 1. The summed E-state index contributed by atoms with van der Waals surface area (Å²) >= 11 is 0. The zero-order valence-corrected chi connectivity index (χ0v) is 23.6. The van der Waals surface area contributed by atoms with Gasteiger partial charge >= 0.3 is 0 Å². The van der Waals surface area contributed by atoms with Crippen LogP contribution in [-0.2, 0) is 40.4 Å². The number of methoxy groups -OCH3 is 1. The molecule has 0 bridgehead atoms. The summed E-state index contributed by atoms with van der Waals surface area (Å²) in [5.41, 5.74) is 4.04. The number of halogens is 1. The van der Waals surface area contributed by atoms with E-state index in [1.165, 1.54) is 12.1 Å². The van der Waals surface area contributed by atoms with E-state index < -0.39 is 0 Å². The van der Waals surface area contributed by atoms with Crippen LogP contribution in [0.1, 0.15) is 35.2 Å². The molecule has 3 aromatic carbocycles. The smallest absolute Gasteiger partial charge is 0.242 e. The maximum Gasteiger partial charge on any atom is 0.242 e. The van der Waals surface area contributed by atoms with Crippen molar-refractivity contribution in [1.29, 1.82) is 0 Å². The Balaban J connectivity index is 1.49. The molecule has 2 amide bonds. The van der Waals surface area contributed by atoms with Crippen molar-refractivity contribution in [2.45, 2.75) is 38.9 Å². The van der Waals surface area contributed by atoms with Crippen molar-refractivity contribution in [2.24, 2.45) is 0 Å². The first-order chi connectivity index (χ1) is 20.0. The first-order valence-corrected chi connectivity index (χ1v) is 14.0. The first kappa shape index (κ1) is 29.7. The highest BCUT2D eigenvalue weighted by atomic mass is 19.1. The summed E-state index contributed by atoms with van der Waals surface area (Å²) in [6.07, 6.45) is 3.58. The number of amides is 2. The topological polar surface area (TPSA) is 54.8 Å². The third kappa shape index (κ3) is 9.43. The molecule has 214 valence electrons. The molecule has 41 heavy (non-hydrogen) atoms. The van der Waals surface area contributed by atoms with Crippen LogP contribution < -0.4 is 0 Å². The third-order valence-electron chi connectivity index (χ3n) is 7.04. The van der Waals surface area contributed by atoms with E-state index in [4.69, 9.17) is 4.74 Å². The van der Waals surface area contributed by atoms with Crippen molar-refractivity contribution in [3.05, 3.63) is 131 Å². The molecular formula is C34H38FN3O3. The molecule has 0 fully saturated rings. The average Bonchev–Trinajstić information content (AvgIpc) is 3.43. The molecule has 6 nitrogen and oxygen atoms in total. The van der Waals surface area contributed by atoms with Gasteiger partial charge in [-0.25, -0.2) is 4.39 Å². The van der Waals surface area contributed by atoms with Gasteiger partial charge in [0.05, 0.1) is 13.1 Å². The molecule has 0 unspecified atom stereocenters. The van der Waals surface area contributed by atoms with Crippen LogP contribution in [0.2, 0.25) is 0 Å². The van der Waals surface area contributed by atoms with E-state index in [0.29, 0.717) is 52.0 Å². The van der Waals surface area contributed by atoms with Crippen molar-refractivity contribution in [2.75, 3.05) is 26.8 Å². The standard InChI is InChI=1S/C34H38FN3O3/c1-41-23-9-22-37(33(39)20-17-28-10-4-2-5-11-28)27-34(40)38(25-29-12-6-3-7-13-29)26-32-14-8-21-36(32)24-30-15-18-31(35)19-16-30/h2-8,10-16,18-19,21H,9,17,20,22-27H2,1H3. The number of nitrogens with zero attached hydrogens (tertiary/aromatic N) is 3. The number of ether oxygens (including phenoxy) is 1. The molecule has 1 aromatic heterocycles. The summed E-state index contributed by atoms with van der Waals surface area (Å²) in [7, 11) is 1.63. The molecule has 0 aliphatic heterocycles. The van der Waals surface area contributed by atoms with Gasteiger partial charge in [0, 0.05) is 51.7 Å². The van der Waals surface area contributed by atoms with Crippen molar-refractivity contribution < 1.29 is 18.7 Å². The van der Waals surface area contributed by atoms with Crippen LogP contribution in [0.3, 0.4) is 0 Å². The highest BCUT2D eigenvalue weighted by Gasteiger charge is 2.22. The Morgan fingerprint density at radius 2 is 1.44 bits per heavy atom. The molecule has 0 spiro atoms. The minimum Gasteiger partial charge on any atom is -0.385 e. The van der Waals surface area contributed by atoms with Crippen molar-refractivity contribution >= 4 is 11.8 Å². The van der Waals surface area contributed by atoms with E-state index in [9.17, 15) is 14.0 Å². The SMILES string of the molecule is COCCCN(CC(=O)N(Cc1ccccc1)Cc1cccn1Cc1ccc(F)cc1)C(=O)CCc1ccccc1. The van der Waals surface area contributed by atoms with E-state index in [-0.39, 0.29) is 24.2 Å². The van der Waals surface area contributed by atoms with E-state index in [2.05, 4.69) is 4.57 Å². The van der Waals surface area contributed by atoms with Gasteiger partial charge in [0.1, 0.15) is 5.82 Å². The highest BCUT2D eigenvalue weighted by molar-refractivity contribution is 5.85. The molecule has 4 rings (SSSR count). The molecule has 0 aliphatic carbocycles. The lowest BCUT2D eigenvalue weighted by molar-refractivity contribution is -0.141. The Bertz CT molecular complexity index is 1360. The normalized spacial score (nSPS) is 10.9. The highest BCUT2D eigenvalue weighted by Crippen LogP contribution is 2.15. The monoisotopic (exact) mass is 555 g/mol. The maximum atomic E-state index is 13.9. The number of aryl methyl sites for hydroxylation is 1. The van der Waals surface area contributed by atoms with Crippen molar-refractivity contribution in [1.82, 2.24) is 14.4 Å². The number of carbonyl (C=O) groups is 2. The van der Waals surface area contributed by atoms with Gasteiger partial charge in [0.2, 0.25) is 11.8 Å². The minimum absolute atomic E-state index is 0.00282. The molecule has 0 saturated heterocycles. The molecule has 7 heteroatoms. The summed E-state index contributed by atoms with van der Waals surface area (Å²) in [5.74, 6) is -0.430. The molecular weight excluding hydrogens is 517 g/mol. The first-order valence-electron chi connectivity index (χ1n) is 14.0. The lowest BCUT2D eigenvalue weighted by Gasteiger charge is -2.28. The predicted octanol–water partition coefficient (Wildman–Crippen LogP) is 5.70. The summed E-state index contributed by atoms with van der Waals surface area (Å²) in [5, 5.41) is 0. The van der Waals surface area contributed by atoms with Gasteiger partial charge in [0.25, 0.3) is 0 Å². The molecule has 4 aromatic rings. The fourth-order valence-electron chi connectivity index (χ4n) is 4.77. The average molecular weight is 556 g/mol. The van der Waals surface area contributed by atoms with Crippen LogP contribution >= 0.6 is 0 Å². The van der Waals surface area contributed by atoms with Crippen LogP contribution in [0.4, 0.5) is 4.39 Å². The lowest BCUT2D eigenvalue weighted by Crippen LogP contribution is -2.43. The number of carbonyl (C=O) groups excluding carboxylic acids is 2. The van der Waals surface area contributed by atoms with Gasteiger partial charge in [-0.15, -0.1) is 0 Å². The second kappa shape index (κ2) is 15.5. The van der Waals surface area contributed by atoms with Gasteiger partial charge in [-0.2, -0.15) is 0 Å². The lowest BCUT2D eigenvalue weighted by atomic mass is 10.1. The zero-order valence-electron chi connectivity index (χ0n) is 23.6. The van der Waals surface area contributed by atoms with E-state index in [1.54, 1.807) is 29.0 Å². The molecule has 0 N–H and O–H groups in total. The van der Waals surface area contributed by atoms with E-state index >= 15 is 0 Å². The largest absolute Gasteiger partial charge is 0.385 e. The van der Waals surface area contributed by atoms with Gasteiger partial charge in [0.15, 0.2) is 0 Å².